The van der Waals surface area contributed by atoms with E-state index in [2.05, 4.69) is 10.1 Å². The number of amides is 1. The Bertz CT molecular complexity index is 860. The second-order valence-corrected chi connectivity index (χ2v) is 5.94. The fourth-order valence-corrected chi connectivity index (χ4v) is 2.80. The Kier molecular flexibility index (Phi) is 6.20. The Morgan fingerprint density at radius 3 is 2.48 bits per heavy atom. The van der Waals surface area contributed by atoms with E-state index in [0.29, 0.717) is 37.7 Å². The molecule has 6 heteroatoms. The zero-order valence-electron chi connectivity index (χ0n) is 15.6. The second-order valence-electron chi connectivity index (χ2n) is 5.94. The molecule has 3 aromatic rings. The largest absolute Gasteiger partial charge is 0.494 e. The van der Waals surface area contributed by atoms with Crippen LogP contribution in [0.3, 0.4) is 0 Å². The molecule has 0 fully saturated rings. The third-order valence-electron chi connectivity index (χ3n) is 4.13. The third kappa shape index (κ3) is 4.73. The third-order valence-corrected chi connectivity index (χ3v) is 4.13. The van der Waals surface area contributed by atoms with Crippen LogP contribution in [0.1, 0.15) is 26.2 Å². The highest BCUT2D eigenvalue weighted by Crippen LogP contribution is 2.21. The lowest BCUT2D eigenvalue weighted by Gasteiger charge is -2.20. The lowest BCUT2D eigenvalue weighted by Crippen LogP contribution is -2.30. The molecule has 0 saturated heterocycles. The van der Waals surface area contributed by atoms with Crippen LogP contribution in [0, 0.1) is 0 Å². The first kappa shape index (κ1) is 18.6. The van der Waals surface area contributed by atoms with Crippen LogP contribution in [0.25, 0.3) is 11.4 Å². The fourth-order valence-electron chi connectivity index (χ4n) is 2.80. The highest BCUT2D eigenvalue weighted by atomic mass is 16.5. The lowest BCUT2D eigenvalue weighted by atomic mass is 10.2. The number of ether oxygens (including phenoxy) is 1. The number of hydrogen-bond acceptors (Lipinski definition) is 5. The second kappa shape index (κ2) is 8.98. The van der Waals surface area contributed by atoms with Crippen molar-refractivity contribution in [3.05, 3.63) is 60.5 Å². The first-order chi connectivity index (χ1) is 13.2. The molecule has 1 amide bonds. The summed E-state index contributed by atoms with van der Waals surface area (Å²) in [7, 11) is 0. The molecular weight excluding hydrogens is 342 g/mol. The molecule has 1 heterocycles. The molecule has 0 aliphatic carbocycles. The van der Waals surface area contributed by atoms with Crippen LogP contribution in [-0.2, 0) is 11.2 Å². The van der Waals surface area contributed by atoms with Crippen LogP contribution >= 0.6 is 0 Å². The summed E-state index contributed by atoms with van der Waals surface area (Å²) < 4.78 is 10.7. The van der Waals surface area contributed by atoms with Gasteiger partial charge in [0.1, 0.15) is 5.75 Å². The van der Waals surface area contributed by atoms with Crippen molar-refractivity contribution in [1.29, 1.82) is 0 Å². The molecule has 0 saturated carbocycles. The molecule has 0 radical (unpaired) electrons. The molecule has 6 nitrogen and oxygen atoms in total. The number of rotatable bonds is 8. The van der Waals surface area contributed by atoms with Crippen molar-refractivity contribution >= 4 is 11.6 Å². The molecule has 0 spiro atoms. The molecule has 140 valence electrons. The minimum Gasteiger partial charge on any atom is -0.494 e. The molecule has 1 aromatic heterocycles. The van der Waals surface area contributed by atoms with Gasteiger partial charge in [-0.15, -0.1) is 0 Å². The van der Waals surface area contributed by atoms with E-state index in [1.54, 1.807) is 4.90 Å². The molecule has 0 N–H and O–H groups in total. The standard InChI is InChI=1S/C21H23N3O3/c1-3-24(17-8-6-5-7-9-17)20(25)15-14-19-22-21(23-27-19)16-10-12-18(13-11-16)26-4-2/h5-13H,3-4,14-15H2,1-2H3. The van der Waals surface area contributed by atoms with Crippen molar-refractivity contribution in [3.63, 3.8) is 0 Å². The van der Waals surface area contributed by atoms with Crippen LogP contribution in [-0.4, -0.2) is 29.2 Å². The minimum absolute atomic E-state index is 0.0320. The first-order valence-electron chi connectivity index (χ1n) is 9.12. The number of benzene rings is 2. The smallest absolute Gasteiger partial charge is 0.227 e. The van der Waals surface area contributed by atoms with Crippen molar-refractivity contribution in [3.8, 4) is 17.1 Å². The molecular formula is C21H23N3O3. The quantitative estimate of drug-likeness (QED) is 0.601. The van der Waals surface area contributed by atoms with Gasteiger partial charge in [-0.05, 0) is 50.2 Å². The van der Waals surface area contributed by atoms with E-state index in [0.717, 1.165) is 17.0 Å². The molecule has 27 heavy (non-hydrogen) atoms. The van der Waals surface area contributed by atoms with E-state index in [-0.39, 0.29) is 5.91 Å². The highest BCUT2D eigenvalue weighted by molar-refractivity contribution is 5.93. The summed E-state index contributed by atoms with van der Waals surface area (Å²) in [5, 5.41) is 4.01. The van der Waals surface area contributed by atoms with Crippen molar-refractivity contribution in [2.24, 2.45) is 0 Å². The summed E-state index contributed by atoms with van der Waals surface area (Å²) >= 11 is 0. The van der Waals surface area contributed by atoms with Crippen LogP contribution in [0.4, 0.5) is 5.69 Å². The SMILES string of the molecule is CCOc1ccc(-c2noc(CCC(=O)N(CC)c3ccccc3)n2)cc1. The number of para-hydroxylation sites is 1. The zero-order valence-corrected chi connectivity index (χ0v) is 15.6. The Morgan fingerprint density at radius 1 is 1.07 bits per heavy atom. The van der Waals surface area contributed by atoms with Gasteiger partial charge < -0.3 is 14.2 Å². The highest BCUT2D eigenvalue weighted by Gasteiger charge is 2.16. The van der Waals surface area contributed by atoms with Gasteiger partial charge in [0.25, 0.3) is 0 Å². The van der Waals surface area contributed by atoms with Crippen LogP contribution < -0.4 is 9.64 Å². The van der Waals surface area contributed by atoms with Gasteiger partial charge in [0.05, 0.1) is 6.61 Å². The average Bonchev–Trinajstić information content (AvgIpc) is 3.18. The lowest BCUT2D eigenvalue weighted by molar-refractivity contribution is -0.118. The number of carbonyl (C=O) groups excluding carboxylic acids is 1. The Balaban J connectivity index is 1.61. The van der Waals surface area contributed by atoms with Gasteiger partial charge in [-0.25, -0.2) is 0 Å². The molecule has 3 rings (SSSR count). The maximum absolute atomic E-state index is 12.5. The molecule has 0 aliphatic rings. The summed E-state index contributed by atoms with van der Waals surface area (Å²) in [5.41, 5.74) is 1.74. The number of anilines is 1. The van der Waals surface area contributed by atoms with Crippen LogP contribution in [0.5, 0.6) is 5.75 Å². The fraction of sp³-hybridized carbons (Fsp3) is 0.286. The van der Waals surface area contributed by atoms with Gasteiger partial charge in [-0.2, -0.15) is 4.98 Å². The van der Waals surface area contributed by atoms with Crippen LogP contribution in [0.2, 0.25) is 0 Å². The molecule has 0 bridgehead atoms. The predicted molar refractivity (Wildman–Crippen MR) is 104 cm³/mol. The molecule has 0 unspecified atom stereocenters. The van der Waals surface area contributed by atoms with Gasteiger partial charge >= 0.3 is 0 Å². The summed E-state index contributed by atoms with van der Waals surface area (Å²) in [6, 6.07) is 17.2. The Morgan fingerprint density at radius 2 is 1.81 bits per heavy atom. The van der Waals surface area contributed by atoms with E-state index in [1.807, 2.05) is 68.4 Å². The molecule has 0 atom stereocenters. The Hall–Kier alpha value is -3.15. The van der Waals surface area contributed by atoms with Crippen molar-refractivity contribution in [1.82, 2.24) is 10.1 Å². The Labute approximate surface area is 158 Å². The summed E-state index contributed by atoms with van der Waals surface area (Å²) in [6.07, 6.45) is 0.722. The zero-order chi connectivity index (χ0) is 19.1. The predicted octanol–water partition coefficient (Wildman–Crippen LogP) is 4.12. The number of aryl methyl sites for hydroxylation is 1. The van der Waals surface area contributed by atoms with E-state index >= 15 is 0 Å². The number of hydrogen-bond donors (Lipinski definition) is 0. The maximum atomic E-state index is 12.5. The van der Waals surface area contributed by atoms with Gasteiger partial charge in [0.15, 0.2) is 0 Å². The topological polar surface area (TPSA) is 68.5 Å². The number of aromatic nitrogens is 2. The summed E-state index contributed by atoms with van der Waals surface area (Å²) in [5.74, 6) is 1.80. The van der Waals surface area contributed by atoms with E-state index in [1.165, 1.54) is 0 Å². The number of nitrogens with zero attached hydrogens (tertiary/aromatic N) is 3. The van der Waals surface area contributed by atoms with Gasteiger partial charge in [-0.3, -0.25) is 4.79 Å². The average molecular weight is 365 g/mol. The molecule has 0 aliphatic heterocycles. The normalized spacial score (nSPS) is 10.6. The summed E-state index contributed by atoms with van der Waals surface area (Å²) in [4.78, 5) is 18.7. The summed E-state index contributed by atoms with van der Waals surface area (Å²) in [6.45, 7) is 5.14. The number of carbonyl (C=O) groups is 1. The maximum Gasteiger partial charge on any atom is 0.227 e. The van der Waals surface area contributed by atoms with Crippen molar-refractivity contribution < 1.29 is 14.1 Å². The van der Waals surface area contributed by atoms with E-state index in [9.17, 15) is 4.79 Å². The monoisotopic (exact) mass is 365 g/mol. The van der Waals surface area contributed by atoms with Crippen LogP contribution in [0.15, 0.2) is 59.1 Å². The minimum atomic E-state index is 0.0320. The van der Waals surface area contributed by atoms with Crippen molar-refractivity contribution in [2.75, 3.05) is 18.1 Å². The molecule has 2 aromatic carbocycles. The van der Waals surface area contributed by atoms with E-state index < -0.39 is 0 Å². The van der Waals surface area contributed by atoms with Crippen molar-refractivity contribution in [2.45, 2.75) is 26.7 Å². The van der Waals surface area contributed by atoms with E-state index in [4.69, 9.17) is 9.26 Å². The van der Waals surface area contributed by atoms with Gasteiger partial charge in [-0.1, -0.05) is 23.4 Å². The van der Waals surface area contributed by atoms with Gasteiger partial charge in [0, 0.05) is 30.6 Å². The van der Waals surface area contributed by atoms with Gasteiger partial charge in [0.2, 0.25) is 17.6 Å². The first-order valence-corrected chi connectivity index (χ1v) is 9.12.